The van der Waals surface area contributed by atoms with Crippen molar-refractivity contribution in [3.63, 3.8) is 0 Å². The van der Waals surface area contributed by atoms with Gasteiger partial charge in [-0.25, -0.2) is 17.7 Å². The zero-order valence-electron chi connectivity index (χ0n) is 16.7. The molecule has 0 saturated carbocycles. The molecule has 0 aliphatic carbocycles. The van der Waals surface area contributed by atoms with E-state index in [1.165, 1.54) is 29.7 Å². The van der Waals surface area contributed by atoms with Gasteiger partial charge in [0.25, 0.3) is 0 Å². The second kappa shape index (κ2) is 9.39. The first-order chi connectivity index (χ1) is 13.9. The Morgan fingerprint density at radius 1 is 1.31 bits per heavy atom. The average molecular weight is 457 g/mol. The van der Waals surface area contributed by atoms with Crippen LogP contribution in [0.5, 0.6) is 0 Å². The maximum Gasteiger partial charge on any atom is 0.242 e. The molecule has 2 heterocycles. The summed E-state index contributed by atoms with van der Waals surface area (Å²) in [6, 6.07) is 5.08. The normalized spacial score (nSPS) is 12.2. The number of nitrogens with zero attached hydrogens (tertiary/aromatic N) is 5. The number of aromatic nitrogens is 4. The molecule has 0 fully saturated rings. The minimum atomic E-state index is -3.49. The molecular weight excluding hydrogens is 432 g/mol. The average Bonchev–Trinajstić information content (AvgIpc) is 3.29. The zero-order valence-corrected chi connectivity index (χ0v) is 19.2. The number of nitrogens with one attached hydrogen (secondary N) is 1. The Bertz CT molecular complexity index is 1080. The molecule has 3 aromatic rings. The van der Waals surface area contributed by atoms with Crippen molar-refractivity contribution in [2.24, 2.45) is 0 Å². The molecule has 0 aliphatic heterocycles. The monoisotopic (exact) mass is 456 g/mol. The Morgan fingerprint density at radius 3 is 2.79 bits per heavy atom. The quantitative estimate of drug-likeness (QED) is 0.367. The predicted octanol–water partition coefficient (Wildman–Crippen LogP) is 2.51. The number of thioether (sulfide) groups is 1. The molecular formula is C17H24N6O3S3. The summed E-state index contributed by atoms with van der Waals surface area (Å²) in [6.45, 7) is 4.07. The van der Waals surface area contributed by atoms with Crippen LogP contribution in [0.25, 0.3) is 11.0 Å². The lowest BCUT2D eigenvalue weighted by Crippen LogP contribution is -2.22. The third kappa shape index (κ3) is 4.89. The summed E-state index contributed by atoms with van der Waals surface area (Å²) in [5.74, 6) is 1.49. The molecule has 0 radical (unpaired) electrons. The highest BCUT2D eigenvalue weighted by atomic mass is 32.2. The Balaban J connectivity index is 1.79. The maximum absolute atomic E-state index is 12.4. The van der Waals surface area contributed by atoms with E-state index < -0.39 is 10.0 Å². The molecule has 2 aromatic heterocycles. The summed E-state index contributed by atoms with van der Waals surface area (Å²) in [4.78, 5) is 4.92. The number of methoxy groups -OCH3 is 1. The van der Waals surface area contributed by atoms with Gasteiger partial charge in [-0.15, -0.1) is 10.2 Å². The maximum atomic E-state index is 12.4. The van der Waals surface area contributed by atoms with Gasteiger partial charge in [-0.3, -0.25) is 0 Å². The fourth-order valence-corrected chi connectivity index (χ4v) is 5.37. The first-order valence-corrected chi connectivity index (χ1v) is 12.2. The molecule has 0 amide bonds. The summed E-state index contributed by atoms with van der Waals surface area (Å²) in [6.07, 6.45) is 0. The van der Waals surface area contributed by atoms with E-state index in [2.05, 4.69) is 25.1 Å². The van der Waals surface area contributed by atoms with E-state index in [0.717, 1.165) is 27.4 Å². The SMILES string of the molecule is CCn1c(CSc2nnc(NCCOC)s2)nc2cc(S(=O)(=O)N(C)C)ccc21. The van der Waals surface area contributed by atoms with Gasteiger partial charge in [-0.1, -0.05) is 23.1 Å². The molecule has 29 heavy (non-hydrogen) atoms. The van der Waals surface area contributed by atoms with E-state index in [4.69, 9.17) is 4.74 Å². The molecule has 158 valence electrons. The lowest BCUT2D eigenvalue weighted by molar-refractivity contribution is 0.211. The van der Waals surface area contributed by atoms with Gasteiger partial charge in [-0.05, 0) is 25.1 Å². The summed E-state index contributed by atoms with van der Waals surface area (Å²) < 4.78 is 34.0. The third-order valence-electron chi connectivity index (χ3n) is 4.21. The smallest absolute Gasteiger partial charge is 0.242 e. The Labute approximate surface area is 178 Å². The first kappa shape index (κ1) is 22.0. The molecule has 0 saturated heterocycles. The van der Waals surface area contributed by atoms with Crippen LogP contribution in [0.1, 0.15) is 12.7 Å². The highest BCUT2D eigenvalue weighted by Gasteiger charge is 2.19. The van der Waals surface area contributed by atoms with Gasteiger partial charge in [0, 0.05) is 34.3 Å². The number of benzene rings is 1. The first-order valence-electron chi connectivity index (χ1n) is 8.97. The Hall–Kier alpha value is -1.73. The largest absolute Gasteiger partial charge is 0.383 e. The van der Waals surface area contributed by atoms with E-state index in [1.807, 2.05) is 13.0 Å². The summed E-state index contributed by atoms with van der Waals surface area (Å²) in [5, 5.41) is 12.2. The summed E-state index contributed by atoms with van der Waals surface area (Å²) in [5.41, 5.74) is 1.59. The Morgan fingerprint density at radius 2 is 2.10 bits per heavy atom. The minimum absolute atomic E-state index is 0.242. The number of hydrogen-bond acceptors (Lipinski definition) is 9. The van der Waals surface area contributed by atoms with Crippen molar-refractivity contribution >= 4 is 49.3 Å². The van der Waals surface area contributed by atoms with Crippen LogP contribution in [0.2, 0.25) is 0 Å². The molecule has 0 aliphatic rings. The van der Waals surface area contributed by atoms with Crippen LogP contribution in [-0.2, 0) is 27.1 Å². The lowest BCUT2D eigenvalue weighted by atomic mass is 10.3. The summed E-state index contributed by atoms with van der Waals surface area (Å²) in [7, 11) is 1.20. The van der Waals surface area contributed by atoms with Crippen molar-refractivity contribution < 1.29 is 13.2 Å². The molecule has 3 rings (SSSR count). The van der Waals surface area contributed by atoms with Crippen LogP contribution >= 0.6 is 23.1 Å². The van der Waals surface area contributed by atoms with Gasteiger partial charge in [0.15, 0.2) is 4.34 Å². The highest BCUT2D eigenvalue weighted by Crippen LogP contribution is 2.30. The number of aryl methyl sites for hydroxylation is 1. The number of fused-ring (bicyclic) bond motifs is 1. The molecule has 12 heteroatoms. The second-order valence-electron chi connectivity index (χ2n) is 6.29. The minimum Gasteiger partial charge on any atom is -0.383 e. The number of ether oxygens (including phenoxy) is 1. The van der Waals surface area contributed by atoms with Gasteiger partial charge in [0.1, 0.15) is 5.82 Å². The number of imidazole rings is 1. The fourth-order valence-electron chi connectivity index (χ4n) is 2.72. The van der Waals surface area contributed by atoms with Crippen LogP contribution in [0.3, 0.4) is 0 Å². The molecule has 0 unspecified atom stereocenters. The van der Waals surface area contributed by atoms with Crippen molar-refractivity contribution in [2.45, 2.75) is 28.5 Å². The molecule has 1 aromatic carbocycles. The topological polar surface area (TPSA) is 102 Å². The third-order valence-corrected chi connectivity index (χ3v) is 8.03. The van der Waals surface area contributed by atoms with Crippen molar-refractivity contribution in [1.82, 2.24) is 24.1 Å². The van der Waals surface area contributed by atoms with Crippen molar-refractivity contribution in [2.75, 3.05) is 39.7 Å². The van der Waals surface area contributed by atoms with E-state index in [9.17, 15) is 8.42 Å². The van der Waals surface area contributed by atoms with E-state index in [-0.39, 0.29) is 4.90 Å². The van der Waals surface area contributed by atoms with Gasteiger partial charge < -0.3 is 14.6 Å². The lowest BCUT2D eigenvalue weighted by Gasteiger charge is -2.11. The van der Waals surface area contributed by atoms with Crippen LogP contribution < -0.4 is 5.32 Å². The van der Waals surface area contributed by atoms with Crippen LogP contribution in [0.4, 0.5) is 5.13 Å². The molecule has 0 spiro atoms. The molecule has 1 N–H and O–H groups in total. The van der Waals surface area contributed by atoms with Crippen LogP contribution in [0, 0.1) is 0 Å². The predicted molar refractivity (Wildman–Crippen MR) is 116 cm³/mol. The van der Waals surface area contributed by atoms with Crippen molar-refractivity contribution in [3.05, 3.63) is 24.0 Å². The van der Waals surface area contributed by atoms with Crippen molar-refractivity contribution in [3.8, 4) is 0 Å². The molecule has 0 bridgehead atoms. The van der Waals surface area contributed by atoms with E-state index in [1.54, 1.807) is 31.0 Å². The van der Waals surface area contributed by atoms with Gasteiger partial charge in [0.05, 0.1) is 28.3 Å². The van der Waals surface area contributed by atoms with E-state index in [0.29, 0.717) is 24.4 Å². The standard InChI is InChI=1S/C17H24N6O3S3/c1-5-23-14-7-6-12(29(24,25)22(2)3)10-13(14)19-15(23)11-27-17-21-20-16(28-17)18-8-9-26-4/h6-7,10H,5,8-9,11H2,1-4H3,(H,18,20). The number of hydrogen-bond donors (Lipinski definition) is 1. The zero-order chi connectivity index (χ0) is 21.0. The molecule has 9 nitrogen and oxygen atoms in total. The van der Waals surface area contributed by atoms with Gasteiger partial charge in [0.2, 0.25) is 15.2 Å². The summed E-state index contributed by atoms with van der Waals surface area (Å²) >= 11 is 3.04. The number of rotatable bonds is 10. The van der Waals surface area contributed by atoms with Crippen LogP contribution in [0.15, 0.2) is 27.4 Å². The van der Waals surface area contributed by atoms with Gasteiger partial charge in [-0.2, -0.15) is 0 Å². The second-order valence-corrected chi connectivity index (χ2v) is 10.6. The number of anilines is 1. The fraction of sp³-hybridized carbons (Fsp3) is 0.471. The van der Waals surface area contributed by atoms with Crippen molar-refractivity contribution in [1.29, 1.82) is 0 Å². The number of sulfonamides is 1. The van der Waals surface area contributed by atoms with Gasteiger partial charge >= 0.3 is 0 Å². The highest BCUT2D eigenvalue weighted by molar-refractivity contribution is 8.00. The Kier molecular flexibility index (Phi) is 7.11. The molecule has 0 atom stereocenters. The van der Waals surface area contributed by atoms with Crippen LogP contribution in [-0.4, -0.2) is 66.8 Å². The van der Waals surface area contributed by atoms with E-state index >= 15 is 0 Å².